The molecule has 0 aliphatic rings. The predicted molar refractivity (Wildman–Crippen MR) is 117 cm³/mol. The summed E-state index contributed by atoms with van der Waals surface area (Å²) in [6, 6.07) is 11.4. The summed E-state index contributed by atoms with van der Waals surface area (Å²) in [6.45, 7) is 0.454. The van der Waals surface area contributed by atoms with Gasteiger partial charge in [-0.1, -0.05) is 18.2 Å². The molecule has 160 valence electrons. The highest BCUT2D eigenvalue weighted by Gasteiger charge is 2.02. The lowest BCUT2D eigenvalue weighted by molar-refractivity contribution is 0.397. The van der Waals surface area contributed by atoms with Gasteiger partial charge in [0, 0.05) is 44.2 Å². The van der Waals surface area contributed by atoms with E-state index >= 15 is 0 Å². The smallest absolute Gasteiger partial charge is 0.288 e. The number of nitrogens with two attached hydrogens (primary N) is 2. The summed E-state index contributed by atoms with van der Waals surface area (Å²) < 4.78 is 13.2. The summed E-state index contributed by atoms with van der Waals surface area (Å²) >= 11 is 0. The molecule has 0 fully saturated rings. The third-order valence-corrected chi connectivity index (χ3v) is 3.72. The number of nitrogens with zero attached hydrogens (tertiary/aromatic N) is 6. The average molecular weight is 413 g/mol. The number of anilines is 1. The molecule has 11 nitrogen and oxygen atoms in total. The van der Waals surface area contributed by atoms with Gasteiger partial charge >= 0.3 is 0 Å². The van der Waals surface area contributed by atoms with Gasteiger partial charge < -0.3 is 26.3 Å². The number of guanidine groups is 1. The molecule has 3 rings (SSSR count). The van der Waals surface area contributed by atoms with E-state index in [4.69, 9.17) is 16.2 Å². The van der Waals surface area contributed by atoms with E-state index in [1.807, 2.05) is 50.6 Å². The van der Waals surface area contributed by atoms with Gasteiger partial charge in [0.05, 0.1) is 20.8 Å². The van der Waals surface area contributed by atoms with Crippen LogP contribution >= 0.6 is 0 Å². The molecule has 0 unspecified atom stereocenters. The third-order valence-electron chi connectivity index (χ3n) is 3.72. The lowest BCUT2D eigenvalue weighted by Gasteiger charge is -2.06. The normalized spacial score (nSPS) is 11.5. The van der Waals surface area contributed by atoms with E-state index < -0.39 is 0 Å². The summed E-state index contributed by atoms with van der Waals surface area (Å²) in [6.07, 6.45) is 3.61. The van der Waals surface area contributed by atoms with Crippen LogP contribution in [0.4, 0.5) is 11.6 Å². The Morgan fingerprint density at radius 1 is 1.03 bits per heavy atom. The van der Waals surface area contributed by atoms with Crippen LogP contribution in [0.2, 0.25) is 0 Å². The fourth-order valence-corrected chi connectivity index (χ4v) is 2.28. The second-order valence-electron chi connectivity index (χ2n) is 6.01. The highest BCUT2D eigenvalue weighted by atomic mass is 16.5. The van der Waals surface area contributed by atoms with Crippen molar-refractivity contribution in [3.63, 3.8) is 0 Å². The average Bonchev–Trinajstić information content (AvgIpc) is 3.34. The van der Waals surface area contributed by atoms with Crippen LogP contribution in [0.3, 0.4) is 0 Å². The lowest BCUT2D eigenvalue weighted by atomic mass is 10.2. The van der Waals surface area contributed by atoms with Crippen LogP contribution in [0.15, 0.2) is 58.8 Å². The van der Waals surface area contributed by atoms with E-state index in [0.29, 0.717) is 24.1 Å². The van der Waals surface area contributed by atoms with Gasteiger partial charge in [-0.2, -0.15) is 15.2 Å². The number of ether oxygens (including phenoxy) is 2. The minimum atomic E-state index is 0.115. The molecule has 0 bridgehead atoms. The van der Waals surface area contributed by atoms with Gasteiger partial charge in [0.2, 0.25) is 0 Å². The Balaban J connectivity index is 0.000000248. The Kier molecular flexibility index (Phi) is 8.24. The number of nitrogens with one attached hydrogen (secondary N) is 1. The molecule has 0 radical (unpaired) electrons. The summed E-state index contributed by atoms with van der Waals surface area (Å²) in [5.41, 5.74) is 12.1. The molecule has 11 heteroatoms. The fraction of sp³-hybridized carbons (Fsp3) is 0.263. The van der Waals surface area contributed by atoms with Gasteiger partial charge in [-0.05, 0) is 6.07 Å². The van der Waals surface area contributed by atoms with Crippen LogP contribution in [-0.2, 0) is 25.4 Å². The maximum absolute atomic E-state index is 5.80. The van der Waals surface area contributed by atoms with E-state index in [1.54, 1.807) is 28.7 Å². The van der Waals surface area contributed by atoms with Gasteiger partial charge in [-0.25, -0.2) is 4.99 Å². The molecule has 0 saturated heterocycles. The molecule has 0 amide bonds. The van der Waals surface area contributed by atoms with Crippen molar-refractivity contribution in [2.24, 2.45) is 35.5 Å². The third kappa shape index (κ3) is 7.19. The molecule has 1 aromatic carbocycles. The molecule has 2 heterocycles. The highest BCUT2D eigenvalue weighted by Crippen LogP contribution is 2.17. The summed E-state index contributed by atoms with van der Waals surface area (Å²) in [5.74, 6) is 2.34. The minimum Gasteiger partial charge on any atom is -0.496 e. The van der Waals surface area contributed by atoms with Crippen LogP contribution in [0.25, 0.3) is 0 Å². The summed E-state index contributed by atoms with van der Waals surface area (Å²) in [5, 5.41) is 11.1. The number of hydrogen-bond acceptors (Lipinski definition) is 6. The van der Waals surface area contributed by atoms with Crippen molar-refractivity contribution in [2.45, 2.75) is 6.54 Å². The van der Waals surface area contributed by atoms with E-state index in [1.165, 1.54) is 7.11 Å². The SMILES string of the molecule is COC(N)=Nc1ccn(C)n1.COc1ccccc1CN=C(N)Nc1ccn(C)n1. The zero-order chi connectivity index (χ0) is 21.9. The maximum Gasteiger partial charge on any atom is 0.288 e. The number of amidine groups is 1. The summed E-state index contributed by atoms with van der Waals surface area (Å²) in [4.78, 5) is 8.10. The van der Waals surface area contributed by atoms with Crippen molar-refractivity contribution in [3.05, 3.63) is 54.4 Å². The number of aliphatic imine (C=N–C) groups is 2. The first-order valence-corrected chi connectivity index (χ1v) is 8.97. The van der Waals surface area contributed by atoms with Gasteiger partial charge in [-0.3, -0.25) is 9.36 Å². The Labute approximate surface area is 175 Å². The molecular weight excluding hydrogens is 386 g/mol. The molecule has 0 spiro atoms. The van der Waals surface area contributed by atoms with Crippen molar-refractivity contribution < 1.29 is 9.47 Å². The van der Waals surface area contributed by atoms with E-state index in [-0.39, 0.29) is 6.02 Å². The van der Waals surface area contributed by atoms with E-state index in [2.05, 4.69) is 30.2 Å². The molecule has 0 saturated carbocycles. The lowest BCUT2D eigenvalue weighted by Crippen LogP contribution is -2.23. The van der Waals surface area contributed by atoms with E-state index in [9.17, 15) is 0 Å². The molecule has 5 N–H and O–H groups in total. The molecule has 3 aromatic rings. The quantitative estimate of drug-likeness (QED) is 0.423. The van der Waals surface area contributed by atoms with Gasteiger partial charge in [0.15, 0.2) is 17.6 Å². The monoisotopic (exact) mass is 413 g/mol. The van der Waals surface area contributed by atoms with Crippen LogP contribution in [0.1, 0.15) is 5.56 Å². The first-order chi connectivity index (χ1) is 14.4. The minimum absolute atomic E-state index is 0.115. The predicted octanol–water partition coefficient (Wildman–Crippen LogP) is 1.37. The Bertz CT molecular complexity index is 991. The van der Waals surface area contributed by atoms with Crippen molar-refractivity contribution in [3.8, 4) is 5.75 Å². The molecule has 0 aliphatic carbocycles. The first kappa shape index (κ1) is 22.3. The van der Waals surface area contributed by atoms with Crippen molar-refractivity contribution in [2.75, 3.05) is 19.5 Å². The largest absolute Gasteiger partial charge is 0.496 e. The molecule has 2 aromatic heterocycles. The maximum atomic E-state index is 5.80. The Morgan fingerprint density at radius 3 is 2.33 bits per heavy atom. The number of para-hydroxylation sites is 1. The second-order valence-corrected chi connectivity index (χ2v) is 6.01. The fourth-order valence-electron chi connectivity index (χ4n) is 2.28. The number of benzene rings is 1. The van der Waals surface area contributed by atoms with Crippen molar-refractivity contribution >= 4 is 23.6 Å². The van der Waals surface area contributed by atoms with Crippen LogP contribution < -0.4 is 21.5 Å². The topological polar surface area (TPSA) is 143 Å². The van der Waals surface area contributed by atoms with Gasteiger partial charge in [0.1, 0.15) is 5.75 Å². The molecule has 0 atom stereocenters. The van der Waals surface area contributed by atoms with Gasteiger partial charge in [-0.15, -0.1) is 0 Å². The van der Waals surface area contributed by atoms with Crippen molar-refractivity contribution in [1.29, 1.82) is 0 Å². The van der Waals surface area contributed by atoms with Crippen LogP contribution in [0, 0.1) is 0 Å². The standard InChI is InChI=1S/C13H17N5O.C6H10N4O/c1-18-8-7-12(17-18)16-13(14)15-9-10-5-3-4-6-11(10)19-2;1-10-4-3-5(9-10)8-6(7)11-2/h3-8H,9H2,1-2H3,(H3,14,15,16,17);3-4H,1-2H3,(H2,7,8,9). The Morgan fingerprint density at radius 2 is 1.73 bits per heavy atom. The van der Waals surface area contributed by atoms with Crippen LogP contribution in [-0.4, -0.2) is 45.8 Å². The zero-order valence-electron chi connectivity index (χ0n) is 17.5. The number of aryl methyl sites for hydroxylation is 2. The first-order valence-electron chi connectivity index (χ1n) is 8.97. The molecule has 0 aliphatic heterocycles. The highest BCUT2D eigenvalue weighted by molar-refractivity contribution is 5.91. The number of methoxy groups -OCH3 is 2. The second kappa shape index (κ2) is 11.1. The van der Waals surface area contributed by atoms with Crippen LogP contribution in [0.5, 0.6) is 5.75 Å². The van der Waals surface area contributed by atoms with Gasteiger partial charge in [0.25, 0.3) is 6.02 Å². The number of rotatable bonds is 5. The number of aromatic nitrogens is 4. The molecular formula is C19H27N9O2. The van der Waals surface area contributed by atoms with Crippen molar-refractivity contribution in [1.82, 2.24) is 19.6 Å². The van der Waals surface area contributed by atoms with E-state index in [0.717, 1.165) is 11.3 Å². The summed E-state index contributed by atoms with van der Waals surface area (Å²) in [7, 11) is 6.75. The molecule has 30 heavy (non-hydrogen) atoms. The number of hydrogen-bond donors (Lipinski definition) is 3. The zero-order valence-corrected chi connectivity index (χ0v) is 17.5. The Hall–Kier alpha value is -4.02.